The van der Waals surface area contributed by atoms with Crippen LogP contribution in [0.5, 0.6) is 0 Å². The lowest BCUT2D eigenvalue weighted by Crippen LogP contribution is -2.30. The van der Waals surface area contributed by atoms with Gasteiger partial charge < -0.3 is 14.8 Å². The molecule has 1 amide bonds. The van der Waals surface area contributed by atoms with Crippen molar-refractivity contribution >= 4 is 11.7 Å². The summed E-state index contributed by atoms with van der Waals surface area (Å²) < 4.78 is 1.58. The molecule has 0 radical (unpaired) electrons. The van der Waals surface area contributed by atoms with Crippen LogP contribution in [-0.2, 0) is 11.3 Å². The molecule has 0 unspecified atom stereocenters. The van der Waals surface area contributed by atoms with Crippen molar-refractivity contribution in [1.29, 1.82) is 0 Å². The van der Waals surface area contributed by atoms with Gasteiger partial charge in [-0.25, -0.2) is 4.98 Å². The normalized spacial score (nSPS) is 14.7. The van der Waals surface area contributed by atoms with Crippen molar-refractivity contribution in [2.24, 2.45) is 0 Å². The average Bonchev–Trinajstić information content (AvgIpc) is 2.94. The van der Waals surface area contributed by atoms with Gasteiger partial charge in [0.1, 0.15) is 0 Å². The van der Waals surface area contributed by atoms with Gasteiger partial charge in [0.2, 0.25) is 5.91 Å². The molecule has 6 nitrogen and oxygen atoms in total. The van der Waals surface area contributed by atoms with Crippen molar-refractivity contribution in [3.63, 3.8) is 0 Å². The highest BCUT2D eigenvalue weighted by molar-refractivity contribution is 5.76. The van der Waals surface area contributed by atoms with Gasteiger partial charge in [0.05, 0.1) is 0 Å². The molecule has 2 rings (SSSR count). The number of hydrogen-bond donors (Lipinski definition) is 1. The molecule has 1 N–H and O–H groups in total. The minimum absolute atomic E-state index is 0.140. The number of anilines is 1. The number of carbonyl (C=O) groups is 1. The Hall–Kier alpha value is -1.85. The number of likely N-dealkylation sites (tertiary alicyclic amines) is 1. The summed E-state index contributed by atoms with van der Waals surface area (Å²) in [6.07, 6.45) is 5.85. The van der Waals surface area contributed by atoms with Gasteiger partial charge in [-0.1, -0.05) is 0 Å². The maximum absolute atomic E-state index is 11.9. The summed E-state index contributed by atoms with van der Waals surface area (Å²) in [5.74, 6) is 0.468. The van der Waals surface area contributed by atoms with E-state index in [1.165, 1.54) is 0 Å². The fourth-order valence-corrected chi connectivity index (χ4v) is 2.23. The Morgan fingerprint density at radius 2 is 2.16 bits per heavy atom. The SMILES string of the molecule is CCn1ccnc(NCCC(=O)N2CCCC2)c1=O. The van der Waals surface area contributed by atoms with Crippen LogP contribution in [-0.4, -0.2) is 40.0 Å². The van der Waals surface area contributed by atoms with E-state index in [9.17, 15) is 9.59 Å². The highest BCUT2D eigenvalue weighted by atomic mass is 16.2. The topological polar surface area (TPSA) is 67.2 Å². The summed E-state index contributed by atoms with van der Waals surface area (Å²) in [4.78, 5) is 29.6. The van der Waals surface area contributed by atoms with Crippen LogP contribution >= 0.6 is 0 Å². The molecule has 1 aromatic rings. The van der Waals surface area contributed by atoms with E-state index in [1.54, 1.807) is 17.0 Å². The molecule has 0 bridgehead atoms. The molecule has 6 heteroatoms. The first-order valence-electron chi connectivity index (χ1n) is 6.79. The molecule has 0 aromatic carbocycles. The molecule has 0 aliphatic carbocycles. The number of aromatic nitrogens is 2. The molecule has 0 atom stereocenters. The molecule has 19 heavy (non-hydrogen) atoms. The van der Waals surface area contributed by atoms with Crippen LogP contribution in [0.1, 0.15) is 26.2 Å². The fraction of sp³-hybridized carbons (Fsp3) is 0.615. The zero-order valence-electron chi connectivity index (χ0n) is 11.3. The van der Waals surface area contributed by atoms with E-state index in [0.717, 1.165) is 25.9 Å². The van der Waals surface area contributed by atoms with Gasteiger partial charge in [-0.2, -0.15) is 0 Å². The number of amides is 1. The summed E-state index contributed by atoms with van der Waals surface area (Å²) >= 11 is 0. The van der Waals surface area contributed by atoms with Gasteiger partial charge in [0.25, 0.3) is 5.56 Å². The first-order chi connectivity index (χ1) is 9.22. The van der Waals surface area contributed by atoms with Crippen LogP contribution in [0.3, 0.4) is 0 Å². The Bertz CT molecular complexity index is 492. The van der Waals surface area contributed by atoms with Gasteiger partial charge in [-0.3, -0.25) is 9.59 Å². The Kier molecular flexibility index (Phi) is 4.54. The maximum atomic E-state index is 11.9. The molecular formula is C13H20N4O2. The summed E-state index contributed by atoms with van der Waals surface area (Å²) in [7, 11) is 0. The third-order valence-electron chi connectivity index (χ3n) is 3.34. The van der Waals surface area contributed by atoms with Crippen molar-refractivity contribution < 1.29 is 4.79 Å². The van der Waals surface area contributed by atoms with Gasteiger partial charge >= 0.3 is 0 Å². The van der Waals surface area contributed by atoms with E-state index >= 15 is 0 Å². The predicted molar refractivity (Wildman–Crippen MR) is 73.1 cm³/mol. The van der Waals surface area contributed by atoms with E-state index in [4.69, 9.17) is 0 Å². The maximum Gasteiger partial charge on any atom is 0.293 e. The van der Waals surface area contributed by atoms with Gasteiger partial charge in [0, 0.05) is 45.0 Å². The lowest BCUT2D eigenvalue weighted by atomic mass is 10.3. The Balaban J connectivity index is 1.85. The number of carbonyl (C=O) groups excluding carboxylic acids is 1. The van der Waals surface area contributed by atoms with E-state index in [-0.39, 0.29) is 11.5 Å². The second kappa shape index (κ2) is 6.36. The van der Waals surface area contributed by atoms with Crippen molar-refractivity contribution in [3.8, 4) is 0 Å². The van der Waals surface area contributed by atoms with Gasteiger partial charge in [-0.15, -0.1) is 0 Å². The minimum atomic E-state index is -0.140. The van der Waals surface area contributed by atoms with Gasteiger partial charge in [-0.05, 0) is 19.8 Å². The summed E-state index contributed by atoms with van der Waals surface area (Å²) in [5, 5.41) is 2.95. The quantitative estimate of drug-likeness (QED) is 0.849. The minimum Gasteiger partial charge on any atom is -0.365 e. The Morgan fingerprint density at radius 3 is 2.84 bits per heavy atom. The summed E-state index contributed by atoms with van der Waals surface area (Å²) in [5.41, 5.74) is -0.140. The smallest absolute Gasteiger partial charge is 0.293 e. The molecular weight excluding hydrogens is 244 g/mol. The van der Waals surface area contributed by atoms with Crippen LogP contribution in [0.4, 0.5) is 5.82 Å². The molecule has 1 fully saturated rings. The third-order valence-corrected chi connectivity index (χ3v) is 3.34. The van der Waals surface area contributed by atoms with Crippen LogP contribution in [0.2, 0.25) is 0 Å². The van der Waals surface area contributed by atoms with Crippen molar-refractivity contribution in [2.45, 2.75) is 32.7 Å². The van der Waals surface area contributed by atoms with Crippen molar-refractivity contribution in [1.82, 2.24) is 14.5 Å². The summed E-state index contributed by atoms with van der Waals surface area (Å²) in [6, 6.07) is 0. The van der Waals surface area contributed by atoms with E-state index in [2.05, 4.69) is 10.3 Å². The predicted octanol–water partition coefficient (Wildman–Crippen LogP) is 0.688. The Labute approximate surface area is 112 Å². The third kappa shape index (κ3) is 3.33. The lowest BCUT2D eigenvalue weighted by molar-refractivity contribution is -0.129. The first-order valence-corrected chi connectivity index (χ1v) is 6.79. The Morgan fingerprint density at radius 1 is 1.42 bits per heavy atom. The molecule has 2 heterocycles. The first kappa shape index (κ1) is 13.6. The number of aryl methyl sites for hydroxylation is 1. The molecule has 1 saturated heterocycles. The fourth-order valence-electron chi connectivity index (χ4n) is 2.23. The zero-order chi connectivity index (χ0) is 13.7. The number of hydrogen-bond acceptors (Lipinski definition) is 4. The number of rotatable bonds is 5. The van der Waals surface area contributed by atoms with E-state index in [1.807, 2.05) is 11.8 Å². The van der Waals surface area contributed by atoms with E-state index < -0.39 is 0 Å². The molecule has 0 spiro atoms. The lowest BCUT2D eigenvalue weighted by Gasteiger charge is -2.15. The van der Waals surface area contributed by atoms with Gasteiger partial charge in [0.15, 0.2) is 5.82 Å². The highest BCUT2D eigenvalue weighted by Gasteiger charge is 2.17. The highest BCUT2D eigenvalue weighted by Crippen LogP contribution is 2.08. The zero-order valence-corrected chi connectivity index (χ0v) is 11.3. The second-order valence-electron chi connectivity index (χ2n) is 4.63. The average molecular weight is 264 g/mol. The van der Waals surface area contributed by atoms with Crippen LogP contribution in [0, 0.1) is 0 Å². The summed E-state index contributed by atoms with van der Waals surface area (Å²) in [6.45, 7) is 4.70. The van der Waals surface area contributed by atoms with Crippen molar-refractivity contribution in [3.05, 3.63) is 22.7 Å². The van der Waals surface area contributed by atoms with Crippen LogP contribution in [0.25, 0.3) is 0 Å². The molecule has 1 aliphatic rings. The molecule has 0 saturated carbocycles. The van der Waals surface area contributed by atoms with Crippen molar-refractivity contribution in [2.75, 3.05) is 25.0 Å². The molecule has 1 aromatic heterocycles. The monoisotopic (exact) mass is 264 g/mol. The largest absolute Gasteiger partial charge is 0.365 e. The standard InChI is InChI=1S/C13H20N4O2/c1-2-16-10-7-15-12(13(16)19)14-6-5-11(18)17-8-3-4-9-17/h7,10H,2-6,8-9H2,1H3,(H,14,15). The molecule has 104 valence electrons. The van der Waals surface area contributed by atoms with Crippen LogP contribution < -0.4 is 10.9 Å². The number of nitrogens with one attached hydrogen (secondary N) is 1. The van der Waals surface area contributed by atoms with Crippen LogP contribution in [0.15, 0.2) is 17.2 Å². The number of nitrogens with zero attached hydrogens (tertiary/aromatic N) is 3. The molecule has 1 aliphatic heterocycles. The van der Waals surface area contributed by atoms with E-state index in [0.29, 0.717) is 25.3 Å². The second-order valence-corrected chi connectivity index (χ2v) is 4.63.